The second kappa shape index (κ2) is 9.17. The SMILES string of the molecule is N#Cc1ccc(-c2ccc3c(c2)C2(c4ccccc4-c4ccccc4-3)c3ccccc3-c3c2ccc2c3oc3ccccc32)cc1. The molecule has 1 spiro atoms. The van der Waals surface area contributed by atoms with Crippen molar-refractivity contribution in [2.75, 3.05) is 0 Å². The van der Waals surface area contributed by atoms with Crippen LogP contribution in [-0.4, -0.2) is 0 Å². The van der Waals surface area contributed by atoms with Crippen LogP contribution < -0.4 is 0 Å². The van der Waals surface area contributed by atoms with Crippen LogP contribution >= 0.6 is 0 Å². The summed E-state index contributed by atoms with van der Waals surface area (Å²) in [4.78, 5) is 0. The number of hydrogen-bond donors (Lipinski definition) is 0. The van der Waals surface area contributed by atoms with Crippen molar-refractivity contribution in [3.8, 4) is 50.6 Å². The number of hydrogen-bond acceptors (Lipinski definition) is 2. The first-order valence-electron chi connectivity index (χ1n) is 15.7. The lowest BCUT2D eigenvalue weighted by Crippen LogP contribution is -2.29. The smallest absolute Gasteiger partial charge is 0.143 e. The van der Waals surface area contributed by atoms with Gasteiger partial charge in [0, 0.05) is 16.3 Å². The molecule has 1 heterocycles. The molecule has 0 aliphatic heterocycles. The van der Waals surface area contributed by atoms with Gasteiger partial charge in [-0.3, -0.25) is 0 Å². The number of benzene rings is 7. The van der Waals surface area contributed by atoms with Crippen molar-refractivity contribution in [3.63, 3.8) is 0 Å². The van der Waals surface area contributed by atoms with E-state index in [0.717, 1.165) is 33.1 Å². The van der Waals surface area contributed by atoms with Crippen molar-refractivity contribution in [1.82, 2.24) is 0 Å². The topological polar surface area (TPSA) is 36.9 Å². The van der Waals surface area contributed by atoms with E-state index in [1.54, 1.807) is 0 Å². The quantitative estimate of drug-likeness (QED) is 0.193. The highest BCUT2D eigenvalue weighted by Gasteiger charge is 2.50. The molecule has 0 radical (unpaired) electrons. The maximum Gasteiger partial charge on any atom is 0.143 e. The van der Waals surface area contributed by atoms with Gasteiger partial charge in [0.15, 0.2) is 0 Å². The fourth-order valence-electron chi connectivity index (χ4n) is 8.27. The molecule has 2 nitrogen and oxygen atoms in total. The summed E-state index contributed by atoms with van der Waals surface area (Å²) in [5.74, 6) is 0. The number of fused-ring (bicyclic) bond motifs is 16. The first-order valence-corrected chi connectivity index (χ1v) is 15.7. The zero-order chi connectivity index (χ0) is 30.4. The number of para-hydroxylation sites is 1. The third kappa shape index (κ3) is 3.14. The summed E-state index contributed by atoms with van der Waals surface area (Å²) in [6, 6.07) is 56.7. The summed E-state index contributed by atoms with van der Waals surface area (Å²) in [5, 5.41) is 11.7. The highest BCUT2D eigenvalue weighted by molar-refractivity contribution is 6.13. The molecule has 0 saturated carbocycles. The molecule has 0 fully saturated rings. The van der Waals surface area contributed by atoms with Gasteiger partial charge < -0.3 is 4.42 Å². The van der Waals surface area contributed by atoms with Gasteiger partial charge in [0.2, 0.25) is 0 Å². The number of nitriles is 1. The maximum absolute atomic E-state index is 9.46. The standard InChI is InChI=1S/C44H25NO/c45-26-27-17-19-28(20-18-27)29-21-22-33-31-10-2-1-9-30(31)32-11-3-6-14-37(32)44(40(33)25-29)38-15-7-4-13-36(38)42-39(44)24-23-35-34-12-5-8-16-41(34)46-43(35)42/h1-25H. The van der Waals surface area contributed by atoms with E-state index in [-0.39, 0.29) is 0 Å². The molecule has 0 bridgehead atoms. The molecule has 7 aromatic carbocycles. The van der Waals surface area contributed by atoms with E-state index in [2.05, 4.69) is 140 Å². The molecule has 2 aliphatic rings. The predicted molar refractivity (Wildman–Crippen MR) is 186 cm³/mol. The largest absolute Gasteiger partial charge is 0.455 e. The molecule has 212 valence electrons. The Morgan fingerprint density at radius 3 is 1.83 bits per heavy atom. The van der Waals surface area contributed by atoms with Crippen molar-refractivity contribution in [1.29, 1.82) is 5.26 Å². The number of nitrogens with zero attached hydrogens (tertiary/aromatic N) is 1. The Morgan fingerprint density at radius 2 is 1.07 bits per heavy atom. The normalized spacial score (nSPS) is 15.5. The van der Waals surface area contributed by atoms with Gasteiger partial charge in [-0.1, -0.05) is 127 Å². The fraction of sp³-hybridized carbons (Fsp3) is 0.0227. The van der Waals surface area contributed by atoms with E-state index in [9.17, 15) is 5.26 Å². The maximum atomic E-state index is 9.46. The lowest BCUT2D eigenvalue weighted by molar-refractivity contribution is 0.669. The van der Waals surface area contributed by atoms with Crippen LogP contribution in [-0.2, 0) is 5.41 Å². The zero-order valence-corrected chi connectivity index (χ0v) is 24.8. The van der Waals surface area contributed by atoms with Crippen LogP contribution in [0.15, 0.2) is 156 Å². The van der Waals surface area contributed by atoms with Crippen LogP contribution in [0.25, 0.3) is 66.4 Å². The van der Waals surface area contributed by atoms with E-state index in [1.165, 1.54) is 55.6 Å². The monoisotopic (exact) mass is 583 g/mol. The molecular weight excluding hydrogens is 558 g/mol. The highest BCUT2D eigenvalue weighted by Crippen LogP contribution is 2.63. The second-order valence-corrected chi connectivity index (χ2v) is 12.3. The van der Waals surface area contributed by atoms with Crippen molar-refractivity contribution >= 4 is 21.9 Å². The van der Waals surface area contributed by atoms with Crippen molar-refractivity contribution in [2.24, 2.45) is 0 Å². The molecule has 10 rings (SSSR count). The molecule has 2 aliphatic carbocycles. The summed E-state index contributed by atoms with van der Waals surface area (Å²) < 4.78 is 6.74. The van der Waals surface area contributed by atoms with Gasteiger partial charge >= 0.3 is 0 Å². The van der Waals surface area contributed by atoms with Gasteiger partial charge in [0.25, 0.3) is 0 Å². The molecule has 0 amide bonds. The molecule has 2 heteroatoms. The van der Waals surface area contributed by atoms with Crippen LogP contribution in [0.1, 0.15) is 27.8 Å². The third-order valence-electron chi connectivity index (χ3n) is 10.2. The van der Waals surface area contributed by atoms with E-state index < -0.39 is 5.41 Å². The van der Waals surface area contributed by atoms with Crippen LogP contribution in [0.2, 0.25) is 0 Å². The molecule has 8 aromatic rings. The Labute approximate surface area is 266 Å². The summed E-state index contributed by atoms with van der Waals surface area (Å²) in [6.07, 6.45) is 0. The molecule has 0 saturated heterocycles. The predicted octanol–water partition coefficient (Wildman–Crippen LogP) is 11.1. The first-order chi connectivity index (χ1) is 22.8. The minimum atomic E-state index is -0.605. The van der Waals surface area contributed by atoms with E-state index in [0.29, 0.717) is 5.56 Å². The van der Waals surface area contributed by atoms with E-state index in [1.807, 2.05) is 18.2 Å². The van der Waals surface area contributed by atoms with Gasteiger partial charge in [-0.15, -0.1) is 0 Å². The number of furan rings is 1. The molecule has 1 atom stereocenters. The van der Waals surface area contributed by atoms with Gasteiger partial charge in [0.1, 0.15) is 11.2 Å². The van der Waals surface area contributed by atoms with Crippen LogP contribution in [0.4, 0.5) is 0 Å². The first kappa shape index (κ1) is 25.2. The van der Waals surface area contributed by atoms with Crippen molar-refractivity contribution < 1.29 is 4.42 Å². The molecule has 1 aromatic heterocycles. The molecule has 1 unspecified atom stereocenters. The van der Waals surface area contributed by atoms with Crippen LogP contribution in [0.5, 0.6) is 0 Å². The van der Waals surface area contributed by atoms with Gasteiger partial charge in [-0.05, 0) is 85.5 Å². The lowest BCUT2D eigenvalue weighted by atomic mass is 9.65. The molecule has 46 heavy (non-hydrogen) atoms. The van der Waals surface area contributed by atoms with E-state index in [4.69, 9.17) is 4.42 Å². The average molecular weight is 584 g/mol. The minimum Gasteiger partial charge on any atom is -0.455 e. The van der Waals surface area contributed by atoms with Gasteiger partial charge in [-0.25, -0.2) is 0 Å². The Kier molecular flexibility index (Phi) is 5.02. The van der Waals surface area contributed by atoms with Crippen LogP contribution in [0, 0.1) is 11.3 Å². The summed E-state index contributed by atoms with van der Waals surface area (Å²) in [7, 11) is 0. The van der Waals surface area contributed by atoms with Gasteiger partial charge in [0.05, 0.1) is 17.0 Å². The Morgan fingerprint density at radius 1 is 0.457 bits per heavy atom. The zero-order valence-electron chi connectivity index (χ0n) is 24.8. The lowest BCUT2D eigenvalue weighted by Gasteiger charge is -2.35. The molecule has 0 N–H and O–H groups in total. The third-order valence-corrected chi connectivity index (χ3v) is 10.2. The fourth-order valence-corrected chi connectivity index (χ4v) is 8.27. The summed E-state index contributed by atoms with van der Waals surface area (Å²) >= 11 is 0. The van der Waals surface area contributed by atoms with Crippen LogP contribution in [0.3, 0.4) is 0 Å². The Hall–Kier alpha value is -6.17. The number of rotatable bonds is 1. The molecular formula is C44H25NO. The highest BCUT2D eigenvalue weighted by atomic mass is 16.3. The van der Waals surface area contributed by atoms with Crippen molar-refractivity contribution in [3.05, 3.63) is 179 Å². The summed E-state index contributed by atoms with van der Waals surface area (Å²) in [5.41, 5.74) is 16.4. The Balaban J connectivity index is 1.41. The van der Waals surface area contributed by atoms with E-state index >= 15 is 0 Å². The average Bonchev–Trinajstić information content (AvgIpc) is 3.62. The second-order valence-electron chi connectivity index (χ2n) is 12.3. The van der Waals surface area contributed by atoms with Crippen molar-refractivity contribution in [2.45, 2.75) is 5.41 Å². The minimum absolute atomic E-state index is 0.605. The summed E-state index contributed by atoms with van der Waals surface area (Å²) in [6.45, 7) is 0. The Bertz CT molecular complexity index is 2600. The van der Waals surface area contributed by atoms with Gasteiger partial charge in [-0.2, -0.15) is 5.26 Å².